The van der Waals surface area contributed by atoms with Gasteiger partial charge >= 0.3 is 0 Å². The number of primary amides is 1. The zero-order valence-corrected chi connectivity index (χ0v) is 11.9. The average Bonchev–Trinajstić information content (AvgIpc) is 2.30. The Morgan fingerprint density at radius 2 is 1.89 bits per heavy atom. The first kappa shape index (κ1) is 13.2. The van der Waals surface area contributed by atoms with E-state index in [0.29, 0.717) is 11.3 Å². The van der Waals surface area contributed by atoms with Crippen LogP contribution in [0.3, 0.4) is 0 Å². The largest absolute Gasteiger partial charge is 0.398 e. The van der Waals surface area contributed by atoms with Crippen LogP contribution in [0.15, 0.2) is 16.6 Å². The SMILES string of the molecule is CN1CCN(c2cc(C(N)=O)c(N)cc2Br)CC1. The van der Waals surface area contributed by atoms with Gasteiger partial charge in [-0.2, -0.15) is 0 Å². The van der Waals surface area contributed by atoms with Crippen molar-refractivity contribution < 1.29 is 4.79 Å². The summed E-state index contributed by atoms with van der Waals surface area (Å²) in [5.41, 5.74) is 12.9. The summed E-state index contributed by atoms with van der Waals surface area (Å²) in [6.45, 7) is 3.86. The number of hydrogen-bond acceptors (Lipinski definition) is 4. The lowest BCUT2D eigenvalue weighted by Crippen LogP contribution is -2.44. The lowest BCUT2D eigenvalue weighted by Gasteiger charge is -2.34. The van der Waals surface area contributed by atoms with E-state index in [2.05, 4.69) is 32.8 Å². The fourth-order valence-electron chi connectivity index (χ4n) is 2.08. The van der Waals surface area contributed by atoms with Crippen molar-refractivity contribution in [2.24, 2.45) is 5.73 Å². The van der Waals surface area contributed by atoms with E-state index in [4.69, 9.17) is 11.5 Å². The second-order valence-electron chi connectivity index (χ2n) is 4.55. The van der Waals surface area contributed by atoms with Crippen LogP contribution in [0.25, 0.3) is 0 Å². The molecule has 6 heteroatoms. The van der Waals surface area contributed by atoms with Crippen LogP contribution in [-0.2, 0) is 0 Å². The molecule has 0 aliphatic carbocycles. The molecular formula is C12H17BrN4O. The number of nitrogens with two attached hydrogens (primary N) is 2. The summed E-state index contributed by atoms with van der Waals surface area (Å²) in [7, 11) is 2.10. The first-order valence-corrected chi connectivity index (χ1v) is 6.60. The van der Waals surface area contributed by atoms with E-state index in [1.807, 2.05) is 0 Å². The summed E-state index contributed by atoms with van der Waals surface area (Å²) in [6, 6.07) is 3.51. The number of likely N-dealkylation sites (N-methyl/N-ethyl adjacent to an activating group) is 1. The quantitative estimate of drug-likeness (QED) is 0.795. The molecule has 0 atom stereocenters. The van der Waals surface area contributed by atoms with E-state index in [0.717, 1.165) is 36.3 Å². The molecule has 98 valence electrons. The van der Waals surface area contributed by atoms with Gasteiger partial charge in [-0.1, -0.05) is 0 Å². The van der Waals surface area contributed by atoms with Crippen LogP contribution >= 0.6 is 15.9 Å². The molecular weight excluding hydrogens is 296 g/mol. The highest BCUT2D eigenvalue weighted by atomic mass is 79.9. The third-order valence-corrected chi connectivity index (χ3v) is 3.86. The van der Waals surface area contributed by atoms with Gasteiger partial charge in [-0.3, -0.25) is 4.79 Å². The molecule has 18 heavy (non-hydrogen) atoms. The van der Waals surface area contributed by atoms with Gasteiger partial charge < -0.3 is 21.3 Å². The highest BCUT2D eigenvalue weighted by Gasteiger charge is 2.19. The molecule has 1 aliphatic heterocycles. The second-order valence-corrected chi connectivity index (χ2v) is 5.40. The molecule has 1 aliphatic rings. The van der Waals surface area contributed by atoms with Gasteiger partial charge in [-0.15, -0.1) is 0 Å². The second kappa shape index (κ2) is 5.16. The molecule has 0 unspecified atom stereocenters. The third-order valence-electron chi connectivity index (χ3n) is 3.23. The number of hydrogen-bond donors (Lipinski definition) is 2. The zero-order valence-electron chi connectivity index (χ0n) is 10.3. The van der Waals surface area contributed by atoms with Crippen molar-refractivity contribution in [2.45, 2.75) is 0 Å². The van der Waals surface area contributed by atoms with E-state index in [9.17, 15) is 4.79 Å². The number of halogens is 1. The number of amides is 1. The Morgan fingerprint density at radius 1 is 1.28 bits per heavy atom. The lowest BCUT2D eigenvalue weighted by molar-refractivity contribution is 0.100. The van der Waals surface area contributed by atoms with E-state index >= 15 is 0 Å². The molecule has 0 saturated carbocycles. The van der Waals surface area contributed by atoms with Gasteiger partial charge in [0.2, 0.25) is 0 Å². The first-order valence-electron chi connectivity index (χ1n) is 5.81. The number of piperazine rings is 1. The number of nitrogens with zero attached hydrogens (tertiary/aromatic N) is 2. The van der Waals surface area contributed by atoms with Crippen molar-refractivity contribution in [3.8, 4) is 0 Å². The number of rotatable bonds is 2. The van der Waals surface area contributed by atoms with E-state index in [1.54, 1.807) is 12.1 Å². The van der Waals surface area contributed by atoms with Crippen LogP contribution in [0.5, 0.6) is 0 Å². The summed E-state index contributed by atoms with van der Waals surface area (Å²) < 4.78 is 0.898. The van der Waals surface area contributed by atoms with E-state index in [1.165, 1.54) is 0 Å². The Labute approximate surface area is 115 Å². The Kier molecular flexibility index (Phi) is 3.77. The number of benzene rings is 1. The van der Waals surface area contributed by atoms with Crippen LogP contribution in [0.1, 0.15) is 10.4 Å². The predicted molar refractivity (Wildman–Crippen MR) is 76.8 cm³/mol. The van der Waals surface area contributed by atoms with Gasteiger partial charge in [0.25, 0.3) is 5.91 Å². The van der Waals surface area contributed by atoms with Crippen LogP contribution < -0.4 is 16.4 Å². The van der Waals surface area contributed by atoms with Gasteiger partial charge in [-0.25, -0.2) is 0 Å². The van der Waals surface area contributed by atoms with Crippen molar-refractivity contribution in [3.63, 3.8) is 0 Å². The molecule has 1 aromatic carbocycles. The highest BCUT2D eigenvalue weighted by Crippen LogP contribution is 2.31. The molecule has 1 fully saturated rings. The third kappa shape index (κ3) is 2.59. The average molecular weight is 313 g/mol. The molecule has 5 nitrogen and oxygen atoms in total. The number of nitrogen functional groups attached to an aromatic ring is 1. The van der Waals surface area contributed by atoms with Crippen LogP contribution in [0.4, 0.5) is 11.4 Å². The van der Waals surface area contributed by atoms with E-state index in [-0.39, 0.29) is 0 Å². The van der Waals surface area contributed by atoms with E-state index < -0.39 is 5.91 Å². The molecule has 0 aromatic heterocycles. The molecule has 2 rings (SSSR count). The standard InChI is InChI=1S/C12H17BrN4O/c1-16-2-4-17(5-3-16)11-6-8(12(15)18)10(14)7-9(11)13/h6-7H,2-5,14H2,1H3,(H2,15,18). The Morgan fingerprint density at radius 3 is 2.44 bits per heavy atom. The van der Waals surface area contributed by atoms with Gasteiger partial charge in [0.05, 0.1) is 11.3 Å². The Hall–Kier alpha value is -1.27. The molecule has 1 aromatic rings. The lowest BCUT2D eigenvalue weighted by atomic mass is 10.1. The predicted octanol–water partition coefficient (Wildman–Crippen LogP) is 0.882. The highest BCUT2D eigenvalue weighted by molar-refractivity contribution is 9.10. The fraction of sp³-hybridized carbons (Fsp3) is 0.417. The van der Waals surface area contributed by atoms with Gasteiger partial charge in [0.1, 0.15) is 0 Å². The normalized spacial score (nSPS) is 16.9. The number of anilines is 2. The maximum atomic E-state index is 11.3. The minimum atomic E-state index is -0.490. The van der Waals surface area contributed by atoms with Gasteiger partial charge in [0.15, 0.2) is 0 Å². The Bertz CT molecular complexity index is 469. The smallest absolute Gasteiger partial charge is 0.250 e. The minimum Gasteiger partial charge on any atom is -0.398 e. The molecule has 1 heterocycles. The summed E-state index contributed by atoms with van der Waals surface area (Å²) in [4.78, 5) is 15.8. The maximum absolute atomic E-state index is 11.3. The molecule has 1 saturated heterocycles. The van der Waals surface area contributed by atoms with Gasteiger partial charge in [0, 0.05) is 36.3 Å². The van der Waals surface area contributed by atoms with Crippen LogP contribution in [0.2, 0.25) is 0 Å². The van der Waals surface area contributed by atoms with Crippen molar-refractivity contribution in [1.29, 1.82) is 0 Å². The first-order chi connectivity index (χ1) is 8.49. The molecule has 0 spiro atoms. The Balaban J connectivity index is 2.32. The molecule has 4 N–H and O–H groups in total. The van der Waals surface area contributed by atoms with Crippen molar-refractivity contribution >= 4 is 33.2 Å². The summed E-state index contributed by atoms with van der Waals surface area (Å²) in [5.74, 6) is -0.490. The topological polar surface area (TPSA) is 75.6 Å². The summed E-state index contributed by atoms with van der Waals surface area (Å²) in [6.07, 6.45) is 0. The van der Waals surface area contributed by atoms with Crippen LogP contribution in [0, 0.1) is 0 Å². The van der Waals surface area contributed by atoms with Crippen molar-refractivity contribution in [2.75, 3.05) is 43.9 Å². The summed E-state index contributed by atoms with van der Waals surface area (Å²) >= 11 is 3.49. The summed E-state index contributed by atoms with van der Waals surface area (Å²) in [5, 5.41) is 0. The molecule has 0 radical (unpaired) electrons. The molecule has 1 amide bonds. The van der Waals surface area contributed by atoms with Crippen molar-refractivity contribution in [3.05, 3.63) is 22.2 Å². The van der Waals surface area contributed by atoms with Crippen LogP contribution in [-0.4, -0.2) is 44.0 Å². The minimum absolute atomic E-state index is 0.382. The monoisotopic (exact) mass is 312 g/mol. The molecule has 0 bridgehead atoms. The fourth-order valence-corrected chi connectivity index (χ4v) is 2.69. The van der Waals surface area contributed by atoms with Crippen molar-refractivity contribution in [1.82, 2.24) is 4.90 Å². The zero-order chi connectivity index (χ0) is 13.3. The number of carbonyl (C=O) groups excluding carboxylic acids is 1. The number of carbonyl (C=O) groups is 1. The van der Waals surface area contributed by atoms with Gasteiger partial charge in [-0.05, 0) is 35.1 Å². The maximum Gasteiger partial charge on any atom is 0.250 e.